The Morgan fingerprint density at radius 3 is 2.29 bits per heavy atom. The van der Waals surface area contributed by atoms with Crippen LogP contribution in [0.15, 0.2) is 39.3 Å². The average Bonchev–Trinajstić information content (AvgIpc) is 2.42. The second-order valence-electron chi connectivity index (χ2n) is 4.82. The number of phenolic OH excluding ortho intramolecular Hbond substituents is 1. The summed E-state index contributed by atoms with van der Waals surface area (Å²) in [4.78, 5) is 1.97. The largest absolute Gasteiger partial charge is 0.506 e. The molecule has 0 heterocycles. The maximum absolute atomic E-state index is 9.70. The van der Waals surface area contributed by atoms with Gasteiger partial charge in [0, 0.05) is 26.3 Å². The van der Waals surface area contributed by atoms with Crippen LogP contribution in [0.3, 0.4) is 0 Å². The van der Waals surface area contributed by atoms with Crippen molar-refractivity contribution in [1.29, 1.82) is 0 Å². The molecule has 6 heteroatoms. The molecule has 0 aliphatic rings. The number of rotatable bonds is 4. The van der Waals surface area contributed by atoms with E-state index < -0.39 is 0 Å². The molecule has 0 amide bonds. The van der Waals surface area contributed by atoms with Crippen LogP contribution in [0.1, 0.15) is 5.56 Å². The second kappa shape index (κ2) is 6.90. The lowest BCUT2D eigenvalue weighted by atomic mass is 10.2. The molecule has 0 aliphatic heterocycles. The highest BCUT2D eigenvalue weighted by Crippen LogP contribution is 2.34. The van der Waals surface area contributed by atoms with E-state index in [1.54, 1.807) is 0 Å². The predicted molar refractivity (Wildman–Crippen MR) is 96.6 cm³/mol. The van der Waals surface area contributed by atoms with Gasteiger partial charge < -0.3 is 15.3 Å². The van der Waals surface area contributed by atoms with Crippen LogP contribution in [0, 0.1) is 0 Å². The van der Waals surface area contributed by atoms with Crippen molar-refractivity contribution in [2.75, 3.05) is 24.3 Å². The topological polar surface area (TPSA) is 35.5 Å². The zero-order chi connectivity index (χ0) is 15.6. The molecule has 0 saturated heterocycles. The Bertz CT molecular complexity index is 639. The van der Waals surface area contributed by atoms with Gasteiger partial charge in [0.25, 0.3) is 0 Å². The van der Waals surface area contributed by atoms with Gasteiger partial charge in [0.15, 0.2) is 0 Å². The number of benzene rings is 2. The first kappa shape index (κ1) is 16.5. The first-order chi connectivity index (χ1) is 9.88. The highest BCUT2D eigenvalue weighted by atomic mass is 79.9. The molecular weight excluding hydrogens is 419 g/mol. The van der Waals surface area contributed by atoms with Crippen LogP contribution in [0.2, 0.25) is 5.02 Å². The number of nitrogens with zero attached hydrogens (tertiary/aromatic N) is 1. The van der Waals surface area contributed by atoms with E-state index in [-0.39, 0.29) is 5.75 Å². The van der Waals surface area contributed by atoms with Crippen LogP contribution in [0.5, 0.6) is 5.75 Å². The van der Waals surface area contributed by atoms with Gasteiger partial charge in [-0.05, 0) is 67.8 Å². The molecule has 2 N–H and O–H groups in total. The van der Waals surface area contributed by atoms with Gasteiger partial charge >= 0.3 is 0 Å². The summed E-state index contributed by atoms with van der Waals surface area (Å²) >= 11 is 12.9. The molecule has 0 aromatic heterocycles. The quantitative estimate of drug-likeness (QED) is 0.690. The lowest BCUT2D eigenvalue weighted by molar-refractivity contribution is 0.468. The fourth-order valence-electron chi connectivity index (χ4n) is 1.90. The molecule has 0 bridgehead atoms. The fourth-order valence-corrected chi connectivity index (χ4v) is 3.53. The third-order valence-corrected chi connectivity index (χ3v) is 4.51. The van der Waals surface area contributed by atoms with Crippen LogP contribution in [-0.2, 0) is 6.54 Å². The van der Waals surface area contributed by atoms with Gasteiger partial charge in [-0.2, -0.15) is 0 Å². The molecule has 0 fully saturated rings. The van der Waals surface area contributed by atoms with Gasteiger partial charge in [-0.25, -0.2) is 0 Å². The van der Waals surface area contributed by atoms with Crippen LogP contribution < -0.4 is 10.2 Å². The highest BCUT2D eigenvalue weighted by molar-refractivity contribution is 9.11. The summed E-state index contributed by atoms with van der Waals surface area (Å²) in [7, 11) is 3.92. The first-order valence-corrected chi connectivity index (χ1v) is 8.22. The molecule has 2 rings (SSSR count). The number of hydrogen-bond donors (Lipinski definition) is 2. The first-order valence-electron chi connectivity index (χ1n) is 6.26. The molecule has 112 valence electrons. The van der Waals surface area contributed by atoms with Crippen LogP contribution >= 0.6 is 43.5 Å². The molecule has 2 aromatic carbocycles. The third-order valence-electron chi connectivity index (χ3n) is 3.00. The molecule has 0 spiro atoms. The van der Waals surface area contributed by atoms with Crippen molar-refractivity contribution in [3.8, 4) is 5.75 Å². The lowest BCUT2D eigenvalue weighted by Crippen LogP contribution is -2.09. The average molecular weight is 435 g/mol. The van der Waals surface area contributed by atoms with Gasteiger partial charge in [-0.3, -0.25) is 0 Å². The molecule has 21 heavy (non-hydrogen) atoms. The Morgan fingerprint density at radius 1 is 1.14 bits per heavy atom. The van der Waals surface area contributed by atoms with Gasteiger partial charge in [-0.1, -0.05) is 11.6 Å². The van der Waals surface area contributed by atoms with Crippen molar-refractivity contribution in [3.05, 3.63) is 49.9 Å². The minimum atomic E-state index is 0.206. The Kier molecular flexibility index (Phi) is 5.41. The molecule has 0 atom stereocenters. The Hall–Kier alpha value is -0.910. The smallest absolute Gasteiger partial charge is 0.143 e. The second-order valence-corrected chi connectivity index (χ2v) is 6.94. The van der Waals surface area contributed by atoms with E-state index in [2.05, 4.69) is 37.2 Å². The van der Waals surface area contributed by atoms with Crippen LogP contribution in [0.4, 0.5) is 11.4 Å². The van der Waals surface area contributed by atoms with E-state index in [1.165, 1.54) is 0 Å². The normalized spacial score (nSPS) is 10.5. The van der Waals surface area contributed by atoms with Crippen molar-refractivity contribution in [3.63, 3.8) is 0 Å². The SMILES string of the molecule is CN(C)c1ccc(NCc2cc(Br)c(O)c(Br)c2)cc1Cl. The van der Waals surface area contributed by atoms with Gasteiger partial charge in [-0.15, -0.1) is 0 Å². The van der Waals surface area contributed by atoms with Gasteiger partial charge in [0.2, 0.25) is 0 Å². The van der Waals surface area contributed by atoms with E-state index in [1.807, 2.05) is 49.3 Å². The highest BCUT2D eigenvalue weighted by Gasteiger charge is 2.07. The summed E-state index contributed by atoms with van der Waals surface area (Å²) in [6.07, 6.45) is 0. The lowest BCUT2D eigenvalue weighted by Gasteiger charge is -2.16. The zero-order valence-corrected chi connectivity index (χ0v) is 15.6. The monoisotopic (exact) mass is 432 g/mol. The van der Waals surface area contributed by atoms with Crippen LogP contribution in [-0.4, -0.2) is 19.2 Å². The Labute approximate surface area is 146 Å². The van der Waals surface area contributed by atoms with Crippen molar-refractivity contribution < 1.29 is 5.11 Å². The summed E-state index contributed by atoms with van der Waals surface area (Å²) in [6.45, 7) is 0.634. The standard InChI is InChI=1S/C15H15Br2ClN2O/c1-20(2)14-4-3-10(7-13(14)18)19-8-9-5-11(16)15(21)12(17)6-9/h3-7,19,21H,8H2,1-2H3. The van der Waals surface area contributed by atoms with Gasteiger partial charge in [0.1, 0.15) is 5.75 Å². The minimum Gasteiger partial charge on any atom is -0.506 e. The molecule has 3 nitrogen and oxygen atoms in total. The minimum absolute atomic E-state index is 0.206. The number of hydrogen-bond acceptors (Lipinski definition) is 3. The fraction of sp³-hybridized carbons (Fsp3) is 0.200. The van der Waals surface area contributed by atoms with E-state index in [0.29, 0.717) is 20.5 Å². The Morgan fingerprint density at radius 2 is 1.76 bits per heavy atom. The summed E-state index contributed by atoms with van der Waals surface area (Å²) in [5.74, 6) is 0.206. The van der Waals surface area contributed by atoms with Crippen molar-refractivity contribution in [2.24, 2.45) is 0 Å². The summed E-state index contributed by atoms with van der Waals surface area (Å²) in [5, 5.41) is 13.7. The molecular formula is C15H15Br2ClN2O. The van der Waals surface area contributed by atoms with E-state index in [4.69, 9.17) is 11.6 Å². The zero-order valence-electron chi connectivity index (χ0n) is 11.6. The summed E-state index contributed by atoms with van der Waals surface area (Å²) in [5.41, 5.74) is 2.97. The summed E-state index contributed by atoms with van der Waals surface area (Å²) < 4.78 is 1.32. The third kappa shape index (κ3) is 4.05. The predicted octanol–water partition coefficient (Wildman–Crippen LogP) is 5.25. The number of anilines is 2. The van der Waals surface area contributed by atoms with Crippen molar-refractivity contribution >= 4 is 54.8 Å². The summed E-state index contributed by atoms with van der Waals surface area (Å²) in [6, 6.07) is 9.63. The number of halogens is 3. The molecule has 0 unspecified atom stereocenters. The van der Waals surface area contributed by atoms with E-state index in [0.717, 1.165) is 16.9 Å². The van der Waals surface area contributed by atoms with Gasteiger partial charge in [0.05, 0.1) is 19.7 Å². The molecule has 0 aliphatic carbocycles. The van der Waals surface area contributed by atoms with E-state index >= 15 is 0 Å². The molecule has 0 saturated carbocycles. The number of phenols is 1. The van der Waals surface area contributed by atoms with Crippen molar-refractivity contribution in [2.45, 2.75) is 6.54 Å². The van der Waals surface area contributed by atoms with Crippen LogP contribution in [0.25, 0.3) is 0 Å². The maximum Gasteiger partial charge on any atom is 0.143 e. The number of nitrogens with one attached hydrogen (secondary N) is 1. The van der Waals surface area contributed by atoms with Crippen molar-refractivity contribution in [1.82, 2.24) is 0 Å². The molecule has 0 radical (unpaired) electrons. The maximum atomic E-state index is 9.70. The Balaban J connectivity index is 2.12. The van der Waals surface area contributed by atoms with E-state index in [9.17, 15) is 5.11 Å². The number of aromatic hydroxyl groups is 1. The molecule has 2 aromatic rings.